The maximum Gasteiger partial charge on any atom is 0.136 e. The zero-order valence-corrected chi connectivity index (χ0v) is 24.7. The van der Waals surface area contributed by atoms with Crippen molar-refractivity contribution in [3.63, 3.8) is 0 Å². The van der Waals surface area contributed by atoms with Crippen LogP contribution < -0.4 is 4.74 Å². The van der Waals surface area contributed by atoms with Crippen LogP contribution in [0.25, 0.3) is 0 Å². The molecule has 0 saturated carbocycles. The van der Waals surface area contributed by atoms with Gasteiger partial charge in [-0.2, -0.15) is 0 Å². The van der Waals surface area contributed by atoms with Crippen molar-refractivity contribution in [3.8, 4) is 5.75 Å². The molecule has 2 aromatic carbocycles. The van der Waals surface area contributed by atoms with Crippen molar-refractivity contribution in [2.24, 2.45) is 5.41 Å². The van der Waals surface area contributed by atoms with Crippen molar-refractivity contribution in [3.05, 3.63) is 64.2 Å². The fourth-order valence-corrected chi connectivity index (χ4v) is 4.86. The van der Waals surface area contributed by atoms with Crippen molar-refractivity contribution in [1.29, 1.82) is 0 Å². The van der Waals surface area contributed by atoms with E-state index in [-0.39, 0.29) is 10.8 Å². The summed E-state index contributed by atoms with van der Waals surface area (Å²) in [7, 11) is 0. The molecule has 0 fully saturated rings. The van der Waals surface area contributed by atoms with E-state index in [1.54, 1.807) is 0 Å². The van der Waals surface area contributed by atoms with E-state index in [0.717, 1.165) is 61.0 Å². The van der Waals surface area contributed by atoms with Crippen LogP contribution in [0.4, 0.5) is 0 Å². The summed E-state index contributed by atoms with van der Waals surface area (Å²) >= 11 is 0. The highest BCUT2D eigenvalue weighted by Gasteiger charge is 2.43. The van der Waals surface area contributed by atoms with E-state index in [1.165, 1.54) is 11.1 Å². The van der Waals surface area contributed by atoms with Gasteiger partial charge in [-0.05, 0) is 70.4 Å². The molecule has 1 atom stereocenters. The van der Waals surface area contributed by atoms with Crippen molar-refractivity contribution in [2.45, 2.75) is 111 Å². The second-order valence-electron chi connectivity index (χ2n) is 12.8. The van der Waals surface area contributed by atoms with Crippen LogP contribution in [0.1, 0.15) is 115 Å². The average molecular weight is 513 g/mol. The highest BCUT2D eigenvalue weighted by atomic mass is 16.5. The zero-order valence-electron chi connectivity index (χ0n) is 24.7. The van der Waals surface area contributed by atoms with Gasteiger partial charge in [0.25, 0.3) is 0 Å². The lowest BCUT2D eigenvalue weighted by molar-refractivity contribution is -0.0752. The molecule has 4 heteroatoms. The number of aliphatic hydroxyl groups is 3. The van der Waals surface area contributed by atoms with Crippen LogP contribution in [-0.2, 0) is 23.7 Å². The van der Waals surface area contributed by atoms with E-state index in [0.29, 0.717) is 0 Å². The van der Waals surface area contributed by atoms with Crippen molar-refractivity contribution >= 4 is 0 Å². The van der Waals surface area contributed by atoms with Crippen molar-refractivity contribution in [2.75, 3.05) is 19.8 Å². The first-order chi connectivity index (χ1) is 17.4. The molecule has 0 spiro atoms. The lowest BCUT2D eigenvalue weighted by atomic mass is 9.74. The molecule has 0 aliphatic carbocycles. The molecule has 0 bridgehead atoms. The molecule has 0 aliphatic rings. The van der Waals surface area contributed by atoms with Gasteiger partial charge in [0.1, 0.15) is 11.9 Å². The van der Waals surface area contributed by atoms with Gasteiger partial charge in [0.2, 0.25) is 0 Å². The summed E-state index contributed by atoms with van der Waals surface area (Å²) in [6, 6.07) is 12.8. The summed E-state index contributed by atoms with van der Waals surface area (Å²) < 4.78 is 6.83. The normalized spacial score (nSPS) is 13.6. The smallest absolute Gasteiger partial charge is 0.136 e. The van der Waals surface area contributed by atoms with Crippen molar-refractivity contribution in [1.82, 2.24) is 0 Å². The second-order valence-corrected chi connectivity index (χ2v) is 12.8. The standard InChI is InChI=1S/C33H52O4/c1-9-11-13-24-15-17-26(27(19-24)31(3,4)5)30(33(21-34,22-35)23-36)37-29-18-16-25(14-12-10-2)20-28(29)32(6,7)8/h15-20,30,34-36H,9-14,21-23H2,1-8H3. The minimum atomic E-state index is -1.25. The third-order valence-corrected chi connectivity index (χ3v) is 7.44. The molecule has 4 nitrogen and oxygen atoms in total. The first kappa shape index (κ1) is 31.3. The van der Waals surface area contributed by atoms with Crippen LogP contribution in [0.15, 0.2) is 36.4 Å². The Morgan fingerprint density at radius 2 is 1.14 bits per heavy atom. The van der Waals surface area contributed by atoms with Crippen LogP contribution in [0.5, 0.6) is 5.75 Å². The molecule has 37 heavy (non-hydrogen) atoms. The van der Waals surface area contributed by atoms with Crippen LogP contribution in [0, 0.1) is 5.41 Å². The van der Waals surface area contributed by atoms with E-state index >= 15 is 0 Å². The van der Waals surface area contributed by atoms with Gasteiger partial charge in [-0.25, -0.2) is 0 Å². The van der Waals surface area contributed by atoms with Gasteiger partial charge in [0.05, 0.1) is 25.2 Å². The largest absolute Gasteiger partial charge is 0.485 e. The lowest BCUT2D eigenvalue weighted by Gasteiger charge is -2.40. The third-order valence-electron chi connectivity index (χ3n) is 7.44. The summed E-state index contributed by atoms with van der Waals surface area (Å²) in [5, 5.41) is 31.6. The minimum absolute atomic E-state index is 0.167. The van der Waals surface area contributed by atoms with Gasteiger partial charge in [-0.1, -0.05) is 98.6 Å². The van der Waals surface area contributed by atoms with Gasteiger partial charge in [-0.15, -0.1) is 0 Å². The van der Waals surface area contributed by atoms with Crippen LogP contribution >= 0.6 is 0 Å². The minimum Gasteiger partial charge on any atom is -0.485 e. The summed E-state index contributed by atoms with van der Waals surface area (Å²) in [5.41, 5.74) is 4.05. The second kappa shape index (κ2) is 13.3. The topological polar surface area (TPSA) is 69.9 Å². The van der Waals surface area contributed by atoms with Gasteiger partial charge in [0, 0.05) is 0 Å². The van der Waals surface area contributed by atoms with Crippen LogP contribution in [0.3, 0.4) is 0 Å². The Morgan fingerprint density at radius 1 is 0.676 bits per heavy atom. The Balaban J connectivity index is 2.74. The zero-order chi connectivity index (χ0) is 27.9. The molecule has 3 N–H and O–H groups in total. The summed E-state index contributed by atoms with van der Waals surface area (Å²) in [5.74, 6) is 0.729. The SMILES string of the molecule is CCCCc1ccc(OC(c2ccc(CCCC)cc2C(C)(C)C)C(CO)(CO)CO)c(C(C)(C)C)c1. The Labute approximate surface area is 226 Å². The fraction of sp³-hybridized carbons (Fsp3) is 0.636. The van der Waals surface area contributed by atoms with Gasteiger partial charge in [-0.3, -0.25) is 0 Å². The van der Waals surface area contributed by atoms with Gasteiger partial charge in [0.15, 0.2) is 0 Å². The Morgan fingerprint density at radius 3 is 1.57 bits per heavy atom. The number of aliphatic hydroxyl groups excluding tert-OH is 3. The maximum absolute atomic E-state index is 10.5. The molecule has 2 rings (SSSR count). The molecular formula is C33H52O4. The first-order valence-corrected chi connectivity index (χ1v) is 14.1. The number of benzene rings is 2. The van der Waals surface area contributed by atoms with E-state index < -0.39 is 31.3 Å². The van der Waals surface area contributed by atoms with Crippen LogP contribution in [0.2, 0.25) is 0 Å². The number of hydrogen-bond donors (Lipinski definition) is 3. The number of aryl methyl sites for hydroxylation is 2. The average Bonchev–Trinajstić information content (AvgIpc) is 2.86. The van der Waals surface area contributed by atoms with Crippen molar-refractivity contribution < 1.29 is 20.1 Å². The predicted octanol–water partition coefficient (Wildman–Crippen LogP) is 7.05. The molecule has 0 radical (unpaired) electrons. The Hall–Kier alpha value is -1.88. The monoisotopic (exact) mass is 512 g/mol. The molecule has 0 heterocycles. The van der Waals surface area contributed by atoms with E-state index in [1.807, 2.05) is 6.07 Å². The van der Waals surface area contributed by atoms with Crippen LogP contribution in [-0.4, -0.2) is 35.1 Å². The van der Waals surface area contributed by atoms with E-state index in [4.69, 9.17) is 4.74 Å². The molecule has 0 aromatic heterocycles. The number of unbranched alkanes of at least 4 members (excludes halogenated alkanes) is 2. The molecule has 0 aliphatic heterocycles. The molecule has 0 amide bonds. The fourth-order valence-electron chi connectivity index (χ4n) is 4.86. The molecule has 1 unspecified atom stereocenters. The molecule has 208 valence electrons. The first-order valence-electron chi connectivity index (χ1n) is 14.1. The van der Waals surface area contributed by atoms with Gasteiger partial charge < -0.3 is 20.1 Å². The highest BCUT2D eigenvalue weighted by Crippen LogP contribution is 2.44. The molecule has 0 saturated heterocycles. The Bertz CT molecular complexity index is 969. The van der Waals surface area contributed by atoms with Gasteiger partial charge >= 0.3 is 0 Å². The summed E-state index contributed by atoms with van der Waals surface area (Å²) in [6.07, 6.45) is 5.81. The third kappa shape index (κ3) is 7.81. The lowest BCUT2D eigenvalue weighted by Crippen LogP contribution is -2.43. The van der Waals surface area contributed by atoms with E-state index in [2.05, 4.69) is 85.7 Å². The van der Waals surface area contributed by atoms with E-state index in [9.17, 15) is 15.3 Å². The molecular weight excluding hydrogens is 460 g/mol. The highest BCUT2D eigenvalue weighted by molar-refractivity contribution is 5.44. The molecule has 2 aromatic rings. The summed E-state index contributed by atoms with van der Waals surface area (Å²) in [6.45, 7) is 16.3. The maximum atomic E-state index is 10.5. The predicted molar refractivity (Wildman–Crippen MR) is 155 cm³/mol. The number of rotatable bonds is 13. The number of hydrogen-bond acceptors (Lipinski definition) is 4. The number of ether oxygens (including phenoxy) is 1. The Kier molecular flexibility index (Phi) is 11.2. The summed E-state index contributed by atoms with van der Waals surface area (Å²) in [4.78, 5) is 0. The quantitative estimate of drug-likeness (QED) is 0.269.